The number of thiophene rings is 1. The Bertz CT molecular complexity index is 2100. The van der Waals surface area contributed by atoms with Gasteiger partial charge in [-0.15, -0.1) is 11.3 Å². The van der Waals surface area contributed by atoms with E-state index in [1.165, 1.54) is 59.1 Å². The van der Waals surface area contributed by atoms with Crippen LogP contribution in [0.1, 0.15) is 25.0 Å². The van der Waals surface area contributed by atoms with Crippen molar-refractivity contribution in [3.05, 3.63) is 145 Å². The number of hydrogen-bond acceptors (Lipinski definition) is 2. The van der Waals surface area contributed by atoms with Crippen LogP contribution in [-0.2, 0) is 5.41 Å². The van der Waals surface area contributed by atoms with Gasteiger partial charge in [-0.3, -0.25) is 0 Å². The predicted molar refractivity (Wildman–Crippen MR) is 174 cm³/mol. The number of hydrogen-bond donors (Lipinski definition) is 0. The van der Waals surface area contributed by atoms with Gasteiger partial charge in [0.05, 0.1) is 0 Å². The fourth-order valence-corrected chi connectivity index (χ4v) is 7.57. The third kappa shape index (κ3) is 3.90. The number of fused-ring (bicyclic) bond motifs is 5. The molecule has 0 radical (unpaired) electrons. The van der Waals surface area contributed by atoms with Crippen LogP contribution in [0.5, 0.6) is 11.5 Å². The zero-order valence-electron chi connectivity index (χ0n) is 23.0. The zero-order chi connectivity index (χ0) is 27.6. The molecule has 1 aromatic heterocycles. The molecule has 1 aliphatic heterocycles. The molecular weight excluding hydrogens is 516 g/mol. The van der Waals surface area contributed by atoms with Gasteiger partial charge < -0.3 is 4.74 Å². The molecule has 6 aromatic carbocycles. The summed E-state index contributed by atoms with van der Waals surface area (Å²) < 4.78 is 9.08. The molecule has 2 heterocycles. The topological polar surface area (TPSA) is 9.23 Å². The fraction of sp³-hybridized carbons (Fsp3) is 0.0769. The lowest BCUT2D eigenvalue weighted by molar-refractivity contribution is 0.418. The van der Waals surface area contributed by atoms with Gasteiger partial charge in [-0.25, -0.2) is 0 Å². The molecule has 7 aromatic rings. The molecule has 0 atom stereocenters. The maximum atomic E-state index is 6.40. The molecule has 8 rings (SSSR count). The molecule has 0 N–H and O–H groups in total. The predicted octanol–water partition coefficient (Wildman–Crippen LogP) is 11.5. The molecule has 0 bridgehead atoms. The Morgan fingerprint density at radius 1 is 0.488 bits per heavy atom. The van der Waals surface area contributed by atoms with Gasteiger partial charge in [-0.2, -0.15) is 0 Å². The van der Waals surface area contributed by atoms with Gasteiger partial charge in [0.25, 0.3) is 0 Å². The van der Waals surface area contributed by atoms with Crippen LogP contribution in [-0.4, -0.2) is 0 Å². The Hall–Kier alpha value is -4.66. The maximum absolute atomic E-state index is 6.40. The second-order valence-electron chi connectivity index (χ2n) is 11.4. The molecule has 0 amide bonds. The summed E-state index contributed by atoms with van der Waals surface area (Å²) in [5, 5.41) is 2.67. The van der Waals surface area contributed by atoms with E-state index in [-0.39, 0.29) is 5.41 Å². The largest absolute Gasteiger partial charge is 0.457 e. The first kappa shape index (κ1) is 24.2. The van der Waals surface area contributed by atoms with Crippen molar-refractivity contribution in [2.45, 2.75) is 19.3 Å². The van der Waals surface area contributed by atoms with E-state index in [0.29, 0.717) is 0 Å². The molecule has 0 saturated carbocycles. The van der Waals surface area contributed by atoms with Crippen LogP contribution in [0, 0.1) is 0 Å². The van der Waals surface area contributed by atoms with Crippen molar-refractivity contribution < 1.29 is 4.74 Å². The van der Waals surface area contributed by atoms with Gasteiger partial charge in [-0.1, -0.05) is 123 Å². The van der Waals surface area contributed by atoms with Crippen LogP contribution in [0.4, 0.5) is 0 Å². The minimum Gasteiger partial charge on any atom is -0.457 e. The van der Waals surface area contributed by atoms with Crippen LogP contribution in [0.3, 0.4) is 0 Å². The highest BCUT2D eigenvalue weighted by atomic mass is 32.1. The van der Waals surface area contributed by atoms with Gasteiger partial charge in [0.15, 0.2) is 0 Å². The first-order chi connectivity index (χ1) is 20.1. The number of rotatable bonds is 3. The number of benzene rings is 6. The minimum absolute atomic E-state index is 0.105. The highest BCUT2D eigenvalue weighted by Crippen LogP contribution is 2.48. The van der Waals surface area contributed by atoms with E-state index >= 15 is 0 Å². The highest BCUT2D eigenvalue weighted by Gasteiger charge is 2.34. The Kier molecular flexibility index (Phi) is 5.42. The Balaban J connectivity index is 1.13. The first-order valence-corrected chi connectivity index (χ1v) is 14.9. The molecule has 196 valence electrons. The maximum Gasteiger partial charge on any atom is 0.132 e. The van der Waals surface area contributed by atoms with Crippen LogP contribution in [0.2, 0.25) is 0 Å². The molecule has 2 heteroatoms. The van der Waals surface area contributed by atoms with E-state index in [2.05, 4.69) is 141 Å². The molecule has 0 unspecified atom stereocenters. The van der Waals surface area contributed by atoms with E-state index in [1.54, 1.807) is 0 Å². The van der Waals surface area contributed by atoms with Crippen molar-refractivity contribution in [2.75, 3.05) is 0 Å². The van der Waals surface area contributed by atoms with Crippen molar-refractivity contribution >= 4 is 31.5 Å². The minimum atomic E-state index is -0.105. The lowest BCUT2D eigenvalue weighted by Gasteiger charge is -2.34. The smallest absolute Gasteiger partial charge is 0.132 e. The molecule has 0 saturated heterocycles. The second kappa shape index (κ2) is 9.19. The monoisotopic (exact) mass is 544 g/mol. The average molecular weight is 545 g/mol. The van der Waals surface area contributed by atoms with Crippen LogP contribution in [0.15, 0.2) is 133 Å². The van der Waals surface area contributed by atoms with Crippen LogP contribution in [0.25, 0.3) is 53.6 Å². The molecule has 41 heavy (non-hydrogen) atoms. The van der Waals surface area contributed by atoms with E-state index < -0.39 is 0 Å². The van der Waals surface area contributed by atoms with Gasteiger partial charge >= 0.3 is 0 Å². The molecule has 1 aliphatic rings. The number of ether oxygens (including phenoxy) is 1. The van der Waals surface area contributed by atoms with Crippen molar-refractivity contribution in [2.24, 2.45) is 0 Å². The van der Waals surface area contributed by atoms with Gasteiger partial charge in [-0.05, 0) is 57.6 Å². The summed E-state index contributed by atoms with van der Waals surface area (Å²) in [5.41, 5.74) is 9.65. The standard InChI is InChI=1S/C39H28OS/c1-39(2)33-14-4-5-15-35(33)40-36-24-29(21-22-34(36)39)28-10-7-9-27(23-28)25-17-19-26(20-18-25)30-12-8-13-32-31-11-3-6-16-37(31)41-38(30)32/h3-24H,1-2H3. The third-order valence-corrected chi connectivity index (χ3v) is 9.78. The quantitative estimate of drug-likeness (QED) is 0.215. The van der Waals surface area contributed by atoms with Crippen molar-refractivity contribution in [3.63, 3.8) is 0 Å². The Morgan fingerprint density at radius 3 is 2.00 bits per heavy atom. The fourth-order valence-electron chi connectivity index (χ4n) is 6.33. The summed E-state index contributed by atoms with van der Waals surface area (Å²) >= 11 is 1.88. The molecular formula is C39H28OS. The van der Waals surface area contributed by atoms with Crippen LogP contribution < -0.4 is 4.74 Å². The van der Waals surface area contributed by atoms with Gasteiger partial charge in [0.2, 0.25) is 0 Å². The summed E-state index contributed by atoms with van der Waals surface area (Å²) in [6, 6.07) is 48.2. The Morgan fingerprint density at radius 2 is 1.12 bits per heavy atom. The Labute approximate surface area is 244 Å². The highest BCUT2D eigenvalue weighted by molar-refractivity contribution is 7.26. The summed E-state index contributed by atoms with van der Waals surface area (Å²) in [4.78, 5) is 0. The summed E-state index contributed by atoms with van der Waals surface area (Å²) in [7, 11) is 0. The molecule has 0 aliphatic carbocycles. The van der Waals surface area contributed by atoms with E-state index in [0.717, 1.165) is 17.1 Å². The van der Waals surface area contributed by atoms with Crippen molar-refractivity contribution in [1.29, 1.82) is 0 Å². The van der Waals surface area contributed by atoms with Crippen LogP contribution >= 0.6 is 11.3 Å². The first-order valence-electron chi connectivity index (χ1n) is 14.1. The number of para-hydroxylation sites is 1. The zero-order valence-corrected chi connectivity index (χ0v) is 23.8. The third-order valence-electron chi connectivity index (χ3n) is 8.56. The lowest BCUT2D eigenvalue weighted by Crippen LogP contribution is -2.24. The molecule has 0 spiro atoms. The SMILES string of the molecule is CC1(C)c2ccccc2Oc2cc(-c3cccc(-c4ccc(-c5cccc6c5sc5ccccc56)cc4)c3)ccc21. The van der Waals surface area contributed by atoms with Crippen molar-refractivity contribution in [1.82, 2.24) is 0 Å². The lowest BCUT2D eigenvalue weighted by atomic mass is 9.75. The van der Waals surface area contributed by atoms with Crippen molar-refractivity contribution in [3.8, 4) is 44.9 Å². The summed E-state index contributed by atoms with van der Waals surface area (Å²) in [6.45, 7) is 4.55. The second-order valence-corrected chi connectivity index (χ2v) is 12.4. The van der Waals surface area contributed by atoms with E-state index in [1.807, 2.05) is 17.4 Å². The average Bonchev–Trinajstić information content (AvgIpc) is 3.40. The molecule has 0 fully saturated rings. The summed E-state index contributed by atoms with van der Waals surface area (Å²) in [5.74, 6) is 1.89. The van der Waals surface area contributed by atoms with E-state index in [9.17, 15) is 0 Å². The normalized spacial score (nSPS) is 13.5. The summed E-state index contributed by atoms with van der Waals surface area (Å²) in [6.07, 6.45) is 0. The van der Waals surface area contributed by atoms with Gasteiger partial charge in [0, 0.05) is 36.7 Å². The van der Waals surface area contributed by atoms with E-state index in [4.69, 9.17) is 4.74 Å². The molecule has 1 nitrogen and oxygen atoms in total. The van der Waals surface area contributed by atoms with Gasteiger partial charge in [0.1, 0.15) is 11.5 Å².